The van der Waals surface area contributed by atoms with Crippen molar-refractivity contribution < 1.29 is 0 Å². The number of hydrogen-bond donors (Lipinski definition) is 2. The van der Waals surface area contributed by atoms with Crippen molar-refractivity contribution in [1.29, 1.82) is 0 Å². The third-order valence-corrected chi connectivity index (χ3v) is 4.80. The van der Waals surface area contributed by atoms with Crippen molar-refractivity contribution in [3.8, 4) is 0 Å². The maximum atomic E-state index is 3.75. The first-order valence-electron chi connectivity index (χ1n) is 8.04. The van der Waals surface area contributed by atoms with Crippen LogP contribution in [-0.2, 0) is 0 Å². The number of benzene rings is 1. The van der Waals surface area contributed by atoms with Crippen LogP contribution in [0.2, 0.25) is 0 Å². The average molecular weight is 278 g/mol. The zero-order valence-electron chi connectivity index (χ0n) is 12.5. The van der Waals surface area contributed by atoms with E-state index >= 15 is 0 Å². The van der Waals surface area contributed by atoms with Crippen molar-refractivity contribution >= 4 is 5.69 Å². The highest BCUT2D eigenvalue weighted by Gasteiger charge is 2.32. The highest BCUT2D eigenvalue weighted by Crippen LogP contribution is 2.40. The van der Waals surface area contributed by atoms with E-state index in [-0.39, 0.29) is 0 Å². The van der Waals surface area contributed by atoms with E-state index in [4.69, 9.17) is 0 Å². The Morgan fingerprint density at radius 2 is 2.05 bits per heavy atom. The summed E-state index contributed by atoms with van der Waals surface area (Å²) in [6, 6.07) is 11.1. The minimum absolute atomic E-state index is 0.535. The molecule has 4 rings (SSSR count). The van der Waals surface area contributed by atoms with Crippen LogP contribution in [0.4, 0.5) is 5.69 Å². The molecule has 0 bridgehead atoms. The summed E-state index contributed by atoms with van der Waals surface area (Å²) in [4.78, 5) is 0. The quantitative estimate of drug-likeness (QED) is 0.840. The van der Waals surface area contributed by atoms with Crippen LogP contribution < -0.4 is 10.6 Å². The highest BCUT2D eigenvalue weighted by molar-refractivity contribution is 5.60. The smallest absolute Gasteiger partial charge is 0.0497 e. The Kier molecular flexibility index (Phi) is 3.10. The largest absolute Gasteiger partial charge is 0.378 e. The number of para-hydroxylation sites is 1. The topological polar surface area (TPSA) is 24.1 Å². The van der Waals surface area contributed by atoms with Gasteiger partial charge in [-0.2, -0.15) is 0 Å². The molecule has 1 heterocycles. The Morgan fingerprint density at radius 1 is 1.19 bits per heavy atom. The molecule has 3 aliphatic rings. The van der Waals surface area contributed by atoms with Crippen LogP contribution in [0.1, 0.15) is 32.6 Å². The van der Waals surface area contributed by atoms with Gasteiger partial charge in [-0.25, -0.2) is 0 Å². The SMILES string of the molecule is CC1C=CC2=C(C1)C(Nc1ccccc1)=C1CCCC1N2. The number of allylic oxidation sites excluding steroid dienone is 3. The van der Waals surface area contributed by atoms with Gasteiger partial charge in [-0.1, -0.05) is 31.2 Å². The van der Waals surface area contributed by atoms with Crippen molar-refractivity contribution in [2.75, 3.05) is 5.32 Å². The van der Waals surface area contributed by atoms with Gasteiger partial charge in [0.05, 0.1) is 0 Å². The first-order valence-corrected chi connectivity index (χ1v) is 8.04. The van der Waals surface area contributed by atoms with E-state index in [1.165, 1.54) is 41.9 Å². The van der Waals surface area contributed by atoms with Crippen LogP contribution in [0, 0.1) is 5.92 Å². The van der Waals surface area contributed by atoms with Gasteiger partial charge in [-0.05, 0) is 61.0 Å². The Morgan fingerprint density at radius 3 is 2.90 bits per heavy atom. The van der Waals surface area contributed by atoms with Gasteiger partial charge in [0.1, 0.15) is 0 Å². The molecule has 0 saturated heterocycles. The van der Waals surface area contributed by atoms with Gasteiger partial charge in [0.25, 0.3) is 0 Å². The molecule has 108 valence electrons. The van der Waals surface area contributed by atoms with Gasteiger partial charge >= 0.3 is 0 Å². The monoisotopic (exact) mass is 278 g/mol. The van der Waals surface area contributed by atoms with Crippen molar-refractivity contribution in [3.05, 3.63) is 65.0 Å². The number of anilines is 1. The van der Waals surface area contributed by atoms with Gasteiger partial charge in [-0.15, -0.1) is 0 Å². The predicted octanol–water partition coefficient (Wildman–Crippen LogP) is 4.36. The van der Waals surface area contributed by atoms with Gasteiger partial charge < -0.3 is 10.6 Å². The molecular formula is C19H22N2. The van der Waals surface area contributed by atoms with Crippen molar-refractivity contribution in [3.63, 3.8) is 0 Å². The average Bonchev–Trinajstić information content (AvgIpc) is 2.97. The number of dihydropyridines is 1. The third kappa shape index (κ3) is 2.29. The van der Waals surface area contributed by atoms with Crippen LogP contribution in [0.3, 0.4) is 0 Å². The second-order valence-corrected chi connectivity index (χ2v) is 6.41. The molecule has 2 N–H and O–H groups in total. The fraction of sp³-hybridized carbons (Fsp3) is 0.368. The number of hydrogen-bond acceptors (Lipinski definition) is 2. The van der Waals surface area contributed by atoms with E-state index in [1.54, 1.807) is 5.57 Å². The summed E-state index contributed by atoms with van der Waals surface area (Å²) in [5.74, 6) is 0.622. The fourth-order valence-electron chi connectivity index (χ4n) is 3.74. The zero-order valence-corrected chi connectivity index (χ0v) is 12.5. The lowest BCUT2D eigenvalue weighted by Gasteiger charge is -2.33. The van der Waals surface area contributed by atoms with Gasteiger partial charge in [-0.3, -0.25) is 0 Å². The predicted molar refractivity (Wildman–Crippen MR) is 87.8 cm³/mol. The van der Waals surface area contributed by atoms with E-state index in [1.807, 2.05) is 0 Å². The lowest BCUT2D eigenvalue weighted by atomic mass is 9.86. The van der Waals surface area contributed by atoms with Crippen LogP contribution in [0.25, 0.3) is 0 Å². The molecule has 2 nitrogen and oxygen atoms in total. The summed E-state index contributed by atoms with van der Waals surface area (Å²) < 4.78 is 0. The molecule has 1 saturated carbocycles. The lowest BCUT2D eigenvalue weighted by Crippen LogP contribution is -2.35. The third-order valence-electron chi connectivity index (χ3n) is 4.80. The second-order valence-electron chi connectivity index (χ2n) is 6.41. The van der Waals surface area contributed by atoms with E-state index in [0.717, 1.165) is 6.42 Å². The number of fused-ring (bicyclic) bond motifs is 1. The molecule has 0 spiro atoms. The summed E-state index contributed by atoms with van der Waals surface area (Å²) in [5.41, 5.74) is 6.99. The first kappa shape index (κ1) is 12.8. The van der Waals surface area contributed by atoms with Crippen molar-refractivity contribution in [2.24, 2.45) is 5.92 Å². The van der Waals surface area contributed by atoms with Crippen LogP contribution >= 0.6 is 0 Å². The maximum Gasteiger partial charge on any atom is 0.0497 e. The summed E-state index contributed by atoms with van der Waals surface area (Å²) in [5, 5.41) is 7.47. The molecule has 2 atom stereocenters. The van der Waals surface area contributed by atoms with Gasteiger partial charge in [0.15, 0.2) is 0 Å². The molecule has 1 aromatic carbocycles. The minimum atomic E-state index is 0.535. The molecule has 1 aromatic rings. The molecule has 0 aromatic heterocycles. The molecular weight excluding hydrogens is 256 g/mol. The van der Waals surface area contributed by atoms with Crippen molar-refractivity contribution in [1.82, 2.24) is 5.32 Å². The molecule has 2 unspecified atom stereocenters. The Bertz CT molecular complexity index is 637. The van der Waals surface area contributed by atoms with Gasteiger partial charge in [0, 0.05) is 23.1 Å². The van der Waals surface area contributed by atoms with Crippen LogP contribution in [0.15, 0.2) is 65.0 Å². The Labute approximate surface area is 126 Å². The molecule has 0 amide bonds. The standard InChI is InChI=1S/C19H22N2/c1-13-10-11-18-16(12-13)19(15-8-5-9-17(15)21-18)20-14-6-3-2-4-7-14/h2-4,6-7,10-11,13,17,20-21H,5,8-9,12H2,1H3. The molecule has 2 heteroatoms. The van der Waals surface area contributed by atoms with E-state index in [0.29, 0.717) is 12.0 Å². The second kappa shape index (κ2) is 5.10. The number of nitrogens with one attached hydrogen (secondary N) is 2. The molecule has 1 aliphatic heterocycles. The first-order chi connectivity index (χ1) is 10.3. The molecule has 21 heavy (non-hydrogen) atoms. The minimum Gasteiger partial charge on any atom is -0.378 e. The Hall–Kier alpha value is -1.96. The summed E-state index contributed by atoms with van der Waals surface area (Å²) >= 11 is 0. The summed E-state index contributed by atoms with van der Waals surface area (Å²) in [6.45, 7) is 2.30. The maximum absolute atomic E-state index is 3.75. The lowest BCUT2D eigenvalue weighted by molar-refractivity contribution is 0.607. The normalized spacial score (nSPS) is 27.3. The van der Waals surface area contributed by atoms with Crippen LogP contribution in [-0.4, -0.2) is 6.04 Å². The van der Waals surface area contributed by atoms with Crippen molar-refractivity contribution in [2.45, 2.75) is 38.6 Å². The van der Waals surface area contributed by atoms with E-state index in [9.17, 15) is 0 Å². The summed E-state index contributed by atoms with van der Waals surface area (Å²) in [7, 11) is 0. The number of rotatable bonds is 2. The molecule has 2 aliphatic carbocycles. The summed E-state index contributed by atoms with van der Waals surface area (Å²) in [6.07, 6.45) is 9.52. The zero-order chi connectivity index (χ0) is 14.2. The Balaban J connectivity index is 1.75. The van der Waals surface area contributed by atoms with E-state index in [2.05, 4.69) is 60.0 Å². The van der Waals surface area contributed by atoms with Gasteiger partial charge in [0.2, 0.25) is 0 Å². The van der Waals surface area contributed by atoms with E-state index < -0.39 is 0 Å². The molecule has 0 radical (unpaired) electrons. The highest BCUT2D eigenvalue weighted by atomic mass is 15.0. The fourth-order valence-corrected chi connectivity index (χ4v) is 3.74. The van der Waals surface area contributed by atoms with Crippen LogP contribution in [0.5, 0.6) is 0 Å². The molecule has 1 fully saturated rings.